The van der Waals surface area contributed by atoms with Gasteiger partial charge < -0.3 is 13.7 Å². The first-order valence-electron chi connectivity index (χ1n) is 30.5. The van der Waals surface area contributed by atoms with E-state index in [0.29, 0.717) is 17.0 Å². The molecule has 0 aliphatic carbocycles. The number of nitrogens with zero attached hydrogens (tertiary/aromatic N) is 7. The molecule has 0 bridgehead atoms. The molecule has 0 atom stereocenters. The van der Waals surface area contributed by atoms with E-state index in [-0.39, 0.29) is 0 Å². The number of nitriles is 2. The van der Waals surface area contributed by atoms with E-state index in [4.69, 9.17) is 9.97 Å². The molecule has 91 heavy (non-hydrogen) atoms. The summed E-state index contributed by atoms with van der Waals surface area (Å²) >= 11 is 0. The van der Waals surface area contributed by atoms with Gasteiger partial charge in [0, 0.05) is 71.3 Å². The van der Waals surface area contributed by atoms with E-state index in [1.165, 1.54) is 21.5 Å². The molecule has 17 rings (SSSR count). The van der Waals surface area contributed by atoms with Crippen molar-refractivity contribution in [3.8, 4) is 108 Å². The molecule has 422 valence electrons. The Morgan fingerprint density at radius 1 is 0.242 bits per heavy atom. The van der Waals surface area contributed by atoms with Crippen molar-refractivity contribution in [3.05, 3.63) is 321 Å². The van der Waals surface area contributed by atoms with Crippen LogP contribution in [0.2, 0.25) is 0 Å². The van der Waals surface area contributed by atoms with Crippen molar-refractivity contribution >= 4 is 65.4 Å². The van der Waals surface area contributed by atoms with Crippen LogP contribution < -0.4 is 0 Å². The highest BCUT2D eigenvalue weighted by Crippen LogP contribution is 2.49. The van der Waals surface area contributed by atoms with E-state index in [0.717, 1.165) is 134 Å². The van der Waals surface area contributed by atoms with Crippen molar-refractivity contribution in [1.82, 2.24) is 23.7 Å². The summed E-state index contributed by atoms with van der Waals surface area (Å²) in [7, 11) is 0. The van der Waals surface area contributed by atoms with Gasteiger partial charge in [0.25, 0.3) is 0 Å². The minimum atomic E-state index is 0.605. The summed E-state index contributed by atoms with van der Waals surface area (Å²) in [6.07, 6.45) is 0. The molecule has 0 N–H and O–H groups in total. The molecular formula is C84H51N7. The summed E-state index contributed by atoms with van der Waals surface area (Å²) in [5, 5.41) is 26.5. The largest absolute Gasteiger partial charge is 0.309 e. The van der Waals surface area contributed by atoms with Gasteiger partial charge in [0.1, 0.15) is 0 Å². The number of fused-ring (bicyclic) bond motifs is 9. The first kappa shape index (κ1) is 52.6. The average molecular weight is 1160 g/mol. The van der Waals surface area contributed by atoms with E-state index in [9.17, 15) is 10.5 Å². The maximum atomic E-state index is 9.88. The monoisotopic (exact) mass is 1160 g/mol. The van der Waals surface area contributed by atoms with Crippen LogP contribution in [0.15, 0.2) is 309 Å². The van der Waals surface area contributed by atoms with Crippen LogP contribution >= 0.6 is 0 Å². The third-order valence-electron chi connectivity index (χ3n) is 17.9. The summed E-state index contributed by atoms with van der Waals surface area (Å²) in [6.45, 7) is 0. The van der Waals surface area contributed by atoms with Gasteiger partial charge in [-0.1, -0.05) is 206 Å². The maximum Gasteiger partial charge on any atom is 0.160 e. The zero-order chi connectivity index (χ0) is 60.5. The third kappa shape index (κ3) is 8.80. The topological polar surface area (TPSA) is 88.2 Å². The lowest BCUT2D eigenvalue weighted by Gasteiger charge is -2.24. The van der Waals surface area contributed by atoms with E-state index >= 15 is 0 Å². The summed E-state index contributed by atoms with van der Waals surface area (Å²) in [5.74, 6) is 0.624. The summed E-state index contributed by atoms with van der Waals surface area (Å²) in [5.41, 5.74) is 23.1. The number of rotatable bonds is 10. The van der Waals surface area contributed by atoms with Crippen molar-refractivity contribution < 1.29 is 0 Å². The van der Waals surface area contributed by atoms with Crippen molar-refractivity contribution in [3.63, 3.8) is 0 Å². The van der Waals surface area contributed by atoms with Crippen LogP contribution in [0.1, 0.15) is 11.1 Å². The second-order valence-corrected chi connectivity index (χ2v) is 23.1. The SMILES string of the molecule is N#Cc1ccc(-c2ccc3c(c2)c2cc(-c4ccc(C#N)cc4)ccc2n3-c2c(-c3ccccc3-n3c4ccccc4c4ccccc43)cc(-c3cc(-c4ccccc4)nc(-c4ccccc4)n3)cc2-c2ccccc2-n2c3ccccc3c3ccccc32)cc1. The highest BCUT2D eigenvalue weighted by Gasteiger charge is 2.28. The maximum absolute atomic E-state index is 9.88. The molecule has 4 heterocycles. The molecule has 0 aliphatic rings. The summed E-state index contributed by atoms with van der Waals surface area (Å²) < 4.78 is 7.38. The molecule has 0 radical (unpaired) electrons. The molecule has 0 saturated carbocycles. The van der Waals surface area contributed by atoms with Crippen molar-refractivity contribution in [2.45, 2.75) is 0 Å². The smallest absolute Gasteiger partial charge is 0.160 e. The number of hydrogen-bond donors (Lipinski definition) is 0. The van der Waals surface area contributed by atoms with Gasteiger partial charge in [0.05, 0.1) is 84.8 Å². The Hall–Kier alpha value is -12.7. The highest BCUT2D eigenvalue weighted by atomic mass is 15.0. The quantitative estimate of drug-likeness (QED) is 0.136. The molecular weight excluding hydrogens is 1110 g/mol. The van der Waals surface area contributed by atoms with Crippen LogP contribution in [-0.4, -0.2) is 23.7 Å². The first-order chi connectivity index (χ1) is 45.0. The lowest BCUT2D eigenvalue weighted by Crippen LogP contribution is -2.06. The van der Waals surface area contributed by atoms with Gasteiger partial charge in [-0.3, -0.25) is 0 Å². The lowest BCUT2D eigenvalue weighted by molar-refractivity contribution is 1.15. The Balaban J connectivity index is 1.06. The third-order valence-corrected chi connectivity index (χ3v) is 17.9. The zero-order valence-electron chi connectivity index (χ0n) is 49.1. The number of para-hydroxylation sites is 6. The molecule has 0 unspecified atom stereocenters. The summed E-state index contributed by atoms with van der Waals surface area (Å²) in [4.78, 5) is 10.9. The van der Waals surface area contributed by atoms with E-state index in [1.54, 1.807) is 0 Å². The fourth-order valence-electron chi connectivity index (χ4n) is 13.8. The number of hydrogen-bond acceptors (Lipinski definition) is 4. The Bertz CT molecular complexity index is 5380. The van der Waals surface area contributed by atoms with Crippen molar-refractivity contribution in [2.24, 2.45) is 0 Å². The standard InChI is InChI=1S/C84H51N7/c85-52-54-35-39-56(40-36-54)60-43-45-81-69(47-60)70-48-61(57-41-37-55(53-86)38-42-57)44-46-82(70)91(81)83-71(67-27-11-17-33-79(67)89-75-29-13-7-23-63(75)64-24-8-14-30-76(64)89)49-62(74-51-73(58-19-3-1-4-20-58)87-84(88-74)59-21-5-2-6-22-59)50-72(83)68-28-12-18-34-80(68)90-77-31-15-9-25-65(77)66-26-10-16-32-78(66)90/h1-51H. The van der Waals surface area contributed by atoms with Gasteiger partial charge in [0.2, 0.25) is 0 Å². The molecule has 0 spiro atoms. The second kappa shape index (κ2) is 21.6. The van der Waals surface area contributed by atoms with Crippen LogP contribution in [-0.2, 0) is 0 Å². The molecule has 0 saturated heterocycles. The molecule has 7 heteroatoms. The Kier molecular flexibility index (Phi) is 12.5. The number of aromatic nitrogens is 5. The zero-order valence-corrected chi connectivity index (χ0v) is 49.1. The molecule has 4 aromatic heterocycles. The highest BCUT2D eigenvalue weighted by molar-refractivity contribution is 6.15. The number of benzene rings is 13. The minimum Gasteiger partial charge on any atom is -0.309 e. The normalized spacial score (nSPS) is 11.5. The molecule has 0 amide bonds. The molecule has 17 aromatic rings. The van der Waals surface area contributed by atoms with Gasteiger partial charge >= 0.3 is 0 Å². The molecule has 7 nitrogen and oxygen atoms in total. The van der Waals surface area contributed by atoms with Crippen LogP contribution in [0, 0.1) is 22.7 Å². The fraction of sp³-hybridized carbons (Fsp3) is 0. The first-order valence-corrected chi connectivity index (χ1v) is 30.5. The average Bonchev–Trinajstić information content (AvgIpc) is 1.66. The van der Waals surface area contributed by atoms with Crippen molar-refractivity contribution in [2.75, 3.05) is 0 Å². The predicted octanol–water partition coefficient (Wildman–Crippen LogP) is 21.2. The van der Waals surface area contributed by atoms with Crippen LogP contribution in [0.4, 0.5) is 0 Å². The van der Waals surface area contributed by atoms with Crippen LogP contribution in [0.25, 0.3) is 161 Å². The lowest BCUT2D eigenvalue weighted by atomic mass is 9.90. The van der Waals surface area contributed by atoms with Gasteiger partial charge in [-0.25, -0.2) is 9.97 Å². The Labute approximate surface area is 524 Å². The van der Waals surface area contributed by atoms with Gasteiger partial charge in [-0.15, -0.1) is 0 Å². The molecule has 13 aromatic carbocycles. The van der Waals surface area contributed by atoms with Gasteiger partial charge in [-0.05, 0) is 125 Å². The van der Waals surface area contributed by atoms with E-state index in [2.05, 4.69) is 262 Å². The Morgan fingerprint density at radius 2 is 0.593 bits per heavy atom. The predicted molar refractivity (Wildman–Crippen MR) is 373 cm³/mol. The second-order valence-electron chi connectivity index (χ2n) is 23.1. The van der Waals surface area contributed by atoms with Gasteiger partial charge in [-0.2, -0.15) is 10.5 Å². The Morgan fingerprint density at radius 3 is 1.02 bits per heavy atom. The van der Waals surface area contributed by atoms with E-state index < -0.39 is 0 Å². The van der Waals surface area contributed by atoms with E-state index in [1.807, 2.05) is 72.8 Å². The minimum absolute atomic E-state index is 0.605. The van der Waals surface area contributed by atoms with Crippen LogP contribution in [0.3, 0.4) is 0 Å². The fourth-order valence-corrected chi connectivity index (χ4v) is 13.8. The van der Waals surface area contributed by atoms with Gasteiger partial charge in [0.15, 0.2) is 5.82 Å². The molecule has 0 fully saturated rings. The van der Waals surface area contributed by atoms with Crippen molar-refractivity contribution in [1.29, 1.82) is 10.5 Å². The molecule has 0 aliphatic heterocycles. The summed E-state index contributed by atoms with van der Waals surface area (Å²) in [6, 6.07) is 114. The van der Waals surface area contributed by atoms with Crippen LogP contribution in [0.5, 0.6) is 0 Å².